The Morgan fingerprint density at radius 1 is 0.380 bits per heavy atom. The average Bonchev–Trinajstić information content (AvgIpc) is 4.24. The van der Waals surface area contributed by atoms with Crippen molar-refractivity contribution in [2.75, 3.05) is 0 Å². The van der Waals surface area contributed by atoms with Gasteiger partial charge in [-0.15, -0.1) is 0 Å². The Balaban J connectivity index is 0.000000454. The summed E-state index contributed by atoms with van der Waals surface area (Å²) in [5, 5.41) is 4.87. The van der Waals surface area contributed by atoms with E-state index in [-0.39, 0.29) is 5.41 Å². The quantitative estimate of drug-likeness (QED) is 0.162. The van der Waals surface area contributed by atoms with Crippen LogP contribution < -0.4 is 0 Å². The minimum atomic E-state index is -0.195. The van der Waals surface area contributed by atoms with Gasteiger partial charge in [-0.05, 0) is 183 Å². The van der Waals surface area contributed by atoms with E-state index in [1.54, 1.807) is 0 Å². The predicted molar refractivity (Wildman–Crippen MR) is 345 cm³/mol. The van der Waals surface area contributed by atoms with Crippen LogP contribution in [-0.2, 0) is 5.41 Å². The topological polar surface area (TPSA) is 18.1 Å². The monoisotopic (exact) mass is 1030 g/mol. The Labute approximate surface area is 471 Å². The van der Waals surface area contributed by atoms with Gasteiger partial charge in [0.25, 0.3) is 0 Å². The molecule has 14 rings (SSSR count). The molecule has 79 heavy (non-hydrogen) atoms. The SMILES string of the molecule is CC.CC.CC.CC.Cc1ccc(-c2ccccc2)cc1-c1cc(-c2ccc3c(c2)c2cc4c(cc2n3-c2ccccc2)C(C)(C)c2cc(-c3ccc5oc6ccccc6c5c3)ccc2-4)ccc1C1CCC1.Cc1ccccc1. The maximum absolute atomic E-state index is 6.19. The van der Waals surface area contributed by atoms with Crippen LogP contribution >= 0.6 is 0 Å². The zero-order valence-corrected chi connectivity index (χ0v) is 48.8. The first kappa shape index (κ1) is 55.6. The van der Waals surface area contributed by atoms with Gasteiger partial charge in [-0.25, -0.2) is 0 Å². The van der Waals surface area contributed by atoms with Crippen molar-refractivity contribution in [3.63, 3.8) is 0 Å². The highest BCUT2D eigenvalue weighted by Crippen LogP contribution is 2.53. The molecule has 0 radical (unpaired) electrons. The molecule has 2 aliphatic rings. The Morgan fingerprint density at radius 3 is 1.57 bits per heavy atom. The summed E-state index contributed by atoms with van der Waals surface area (Å²) >= 11 is 0. The maximum Gasteiger partial charge on any atom is 0.135 e. The van der Waals surface area contributed by atoms with Crippen LogP contribution in [0.3, 0.4) is 0 Å². The molecule has 1 fully saturated rings. The van der Waals surface area contributed by atoms with E-state index in [1.807, 2.05) is 79.7 Å². The van der Waals surface area contributed by atoms with Gasteiger partial charge in [0.2, 0.25) is 0 Å². The Hall–Kier alpha value is -8.20. The zero-order valence-electron chi connectivity index (χ0n) is 48.8. The fourth-order valence-electron chi connectivity index (χ4n) is 11.7. The van der Waals surface area contributed by atoms with Crippen LogP contribution in [0.1, 0.15) is 122 Å². The van der Waals surface area contributed by atoms with Crippen molar-refractivity contribution in [2.24, 2.45) is 0 Å². The Morgan fingerprint density at radius 2 is 0.899 bits per heavy atom. The summed E-state index contributed by atoms with van der Waals surface area (Å²) in [5.41, 5.74) is 25.0. The van der Waals surface area contributed by atoms with E-state index in [1.165, 1.54) is 130 Å². The van der Waals surface area contributed by atoms with Gasteiger partial charge in [-0.3, -0.25) is 0 Å². The van der Waals surface area contributed by atoms with Gasteiger partial charge >= 0.3 is 0 Å². The summed E-state index contributed by atoms with van der Waals surface area (Å²) in [4.78, 5) is 0. The van der Waals surface area contributed by atoms with E-state index in [9.17, 15) is 0 Å². The lowest BCUT2D eigenvalue weighted by atomic mass is 9.76. The number of rotatable bonds is 6. The fourth-order valence-corrected chi connectivity index (χ4v) is 11.7. The molecular weight excluding hydrogens is 955 g/mol. The van der Waals surface area contributed by atoms with E-state index in [4.69, 9.17) is 4.42 Å². The highest BCUT2D eigenvalue weighted by molar-refractivity contribution is 6.13. The molecule has 2 aromatic heterocycles. The standard InChI is InChI=1S/C62H47NO.C7H8.4C2H6/c1-38-21-22-41(39-13-6-4-7-14-39)31-50(38)51-32-42(23-27-47(51)40-15-12-16-40)43-25-29-58-53(33-43)54-36-52-48-28-24-45(44-26-30-61-55(34-44)49-19-10-11-20-60(49)64-61)35-56(48)62(2,3)57(52)37-59(54)63(58)46-17-8-5-9-18-46;1-7-5-3-2-4-6-7;4*1-2/h4-11,13-14,17-37,40H,12,15-16H2,1-3H3;2-6H,1H3;4*1-2H3. The number of fused-ring (bicyclic) bond motifs is 9. The molecule has 0 aliphatic heterocycles. The van der Waals surface area contributed by atoms with Gasteiger partial charge < -0.3 is 8.98 Å². The number of nitrogens with zero attached hydrogens (tertiary/aromatic N) is 1. The third-order valence-corrected chi connectivity index (χ3v) is 15.8. The highest BCUT2D eigenvalue weighted by atomic mass is 16.3. The molecule has 2 heterocycles. The van der Waals surface area contributed by atoms with Gasteiger partial charge in [0.15, 0.2) is 0 Å². The smallest absolute Gasteiger partial charge is 0.135 e. The third-order valence-electron chi connectivity index (χ3n) is 15.8. The number of aryl methyl sites for hydroxylation is 2. The van der Waals surface area contributed by atoms with Crippen molar-refractivity contribution in [1.29, 1.82) is 0 Å². The van der Waals surface area contributed by atoms with Gasteiger partial charge in [-0.1, -0.05) is 227 Å². The molecule has 0 spiro atoms. The fraction of sp³-hybridized carbons (Fsp3) is 0.221. The van der Waals surface area contributed by atoms with E-state index in [0.717, 1.165) is 21.9 Å². The Kier molecular flexibility index (Phi) is 17.3. The second kappa shape index (κ2) is 24.6. The molecule has 0 N–H and O–H groups in total. The molecule has 1 saturated carbocycles. The number of para-hydroxylation sites is 2. The molecule has 2 aliphatic carbocycles. The first-order valence-electron chi connectivity index (χ1n) is 29.3. The lowest BCUT2D eigenvalue weighted by Gasteiger charge is -2.29. The summed E-state index contributed by atoms with van der Waals surface area (Å²) in [5.74, 6) is 0.612. The second-order valence-electron chi connectivity index (χ2n) is 20.5. The summed E-state index contributed by atoms with van der Waals surface area (Å²) in [7, 11) is 0. The molecule has 0 atom stereocenters. The highest BCUT2D eigenvalue weighted by Gasteiger charge is 2.37. The first-order chi connectivity index (χ1) is 38.8. The number of hydrogen-bond donors (Lipinski definition) is 0. The minimum Gasteiger partial charge on any atom is -0.456 e. The van der Waals surface area contributed by atoms with Crippen molar-refractivity contribution in [3.05, 3.63) is 246 Å². The van der Waals surface area contributed by atoms with Gasteiger partial charge in [0, 0.05) is 32.6 Å². The van der Waals surface area contributed by atoms with Crippen LogP contribution in [0.15, 0.2) is 223 Å². The molecule has 10 aromatic carbocycles. The van der Waals surface area contributed by atoms with Crippen molar-refractivity contribution in [2.45, 2.75) is 114 Å². The maximum atomic E-state index is 6.19. The molecule has 2 heteroatoms. The summed E-state index contributed by atoms with van der Waals surface area (Å²) < 4.78 is 8.67. The molecule has 398 valence electrons. The lowest BCUT2D eigenvalue weighted by Crippen LogP contribution is -2.15. The molecule has 12 aromatic rings. The van der Waals surface area contributed by atoms with Crippen LogP contribution in [-0.4, -0.2) is 4.57 Å². The van der Waals surface area contributed by atoms with Crippen molar-refractivity contribution >= 4 is 43.7 Å². The van der Waals surface area contributed by atoms with Gasteiger partial charge in [0.05, 0.1) is 11.0 Å². The molecule has 2 nitrogen and oxygen atoms in total. The van der Waals surface area contributed by atoms with E-state index in [2.05, 4.69) is 226 Å². The third kappa shape index (κ3) is 10.6. The van der Waals surface area contributed by atoms with Crippen molar-refractivity contribution < 1.29 is 4.42 Å². The number of benzene rings is 10. The van der Waals surface area contributed by atoms with E-state index < -0.39 is 0 Å². The lowest BCUT2D eigenvalue weighted by molar-refractivity contribution is 0.420. The second-order valence-corrected chi connectivity index (χ2v) is 20.5. The van der Waals surface area contributed by atoms with Crippen LogP contribution in [0.4, 0.5) is 0 Å². The van der Waals surface area contributed by atoms with Crippen LogP contribution in [0, 0.1) is 13.8 Å². The number of hydrogen-bond acceptors (Lipinski definition) is 1. The molecular formula is C77H79NO. The predicted octanol–water partition coefficient (Wildman–Crippen LogP) is 23.3. The Bertz CT molecular complexity index is 4000. The summed E-state index contributed by atoms with van der Waals surface area (Å²) in [6, 6.07) is 80.5. The van der Waals surface area contributed by atoms with Crippen molar-refractivity contribution in [3.8, 4) is 61.3 Å². The zero-order chi connectivity index (χ0) is 55.8. The van der Waals surface area contributed by atoms with E-state index >= 15 is 0 Å². The first-order valence-corrected chi connectivity index (χ1v) is 29.3. The van der Waals surface area contributed by atoms with Crippen LogP contribution in [0.2, 0.25) is 0 Å². The van der Waals surface area contributed by atoms with Crippen LogP contribution in [0.5, 0.6) is 0 Å². The number of aromatic nitrogens is 1. The average molecular weight is 1030 g/mol. The van der Waals surface area contributed by atoms with Crippen LogP contribution in [0.25, 0.3) is 105 Å². The largest absolute Gasteiger partial charge is 0.456 e. The van der Waals surface area contributed by atoms with Gasteiger partial charge in [-0.2, -0.15) is 0 Å². The number of furan rings is 1. The molecule has 0 unspecified atom stereocenters. The minimum absolute atomic E-state index is 0.195. The summed E-state index contributed by atoms with van der Waals surface area (Å²) in [6.07, 6.45) is 3.83. The summed E-state index contributed by atoms with van der Waals surface area (Å²) in [6.45, 7) is 25.2. The molecule has 0 saturated heterocycles. The normalized spacial score (nSPS) is 12.7. The van der Waals surface area contributed by atoms with E-state index in [0.29, 0.717) is 5.92 Å². The van der Waals surface area contributed by atoms with Gasteiger partial charge in [0.1, 0.15) is 11.2 Å². The molecule has 0 bridgehead atoms. The molecule has 0 amide bonds. The van der Waals surface area contributed by atoms with Crippen molar-refractivity contribution in [1.82, 2.24) is 4.57 Å².